The number of benzene rings is 4. The first-order valence-corrected chi connectivity index (χ1v) is 9.09. The monoisotopic (exact) mass is 346 g/mol. The highest BCUT2D eigenvalue weighted by atomic mass is 14.9. The second-order valence-electron chi connectivity index (χ2n) is 6.85. The lowest BCUT2D eigenvalue weighted by atomic mass is 10.1. The molecule has 2 aromatic heterocycles. The van der Waals surface area contributed by atoms with Crippen molar-refractivity contribution in [3.8, 4) is 0 Å². The van der Waals surface area contributed by atoms with Crippen LogP contribution >= 0.6 is 0 Å². The lowest BCUT2D eigenvalue weighted by Crippen LogP contribution is -1.91. The molecule has 0 atom stereocenters. The Morgan fingerprint density at radius 3 is 1.41 bits per heavy atom. The number of rotatable bonds is 2. The number of nitrogens with zero attached hydrogens (tertiary/aromatic N) is 1. The predicted molar refractivity (Wildman–Crippen MR) is 113 cm³/mol. The Kier molecular flexibility index (Phi) is 2.88. The molecule has 1 radical (unpaired) electrons. The SMILES string of the molecule is c1ccc2c(c1)[nH]c1c([N]c3cccc4c3[nH]c3ccccc34)cccc12. The number of nitrogens with one attached hydrogen (secondary N) is 2. The van der Waals surface area contributed by atoms with E-state index >= 15 is 0 Å². The zero-order valence-electron chi connectivity index (χ0n) is 14.5. The van der Waals surface area contributed by atoms with E-state index in [1.807, 2.05) is 0 Å². The first-order valence-electron chi connectivity index (χ1n) is 9.09. The van der Waals surface area contributed by atoms with Gasteiger partial charge < -0.3 is 9.97 Å². The summed E-state index contributed by atoms with van der Waals surface area (Å²) < 4.78 is 0. The summed E-state index contributed by atoms with van der Waals surface area (Å²) in [6.45, 7) is 0. The van der Waals surface area contributed by atoms with Gasteiger partial charge in [-0.3, -0.25) is 0 Å². The molecule has 0 unspecified atom stereocenters. The molecule has 0 aliphatic carbocycles. The molecule has 0 saturated carbocycles. The summed E-state index contributed by atoms with van der Waals surface area (Å²) in [6, 6.07) is 29.4. The summed E-state index contributed by atoms with van der Waals surface area (Å²) in [5.74, 6) is 0. The van der Waals surface area contributed by atoms with Crippen LogP contribution in [-0.4, -0.2) is 9.97 Å². The smallest absolute Gasteiger partial charge is 0.0879 e. The molecule has 4 aromatic carbocycles. The van der Waals surface area contributed by atoms with Gasteiger partial charge in [-0.25, -0.2) is 5.32 Å². The van der Waals surface area contributed by atoms with Crippen LogP contribution in [0.15, 0.2) is 84.9 Å². The highest BCUT2D eigenvalue weighted by molar-refractivity contribution is 6.13. The van der Waals surface area contributed by atoms with Crippen LogP contribution in [0.3, 0.4) is 0 Å². The van der Waals surface area contributed by atoms with Gasteiger partial charge in [0.05, 0.1) is 22.4 Å². The standard InChI is InChI=1S/C24H16N3/c1-3-11-19-15(7-1)17-9-5-13-21(23(17)26-19)25-22-14-6-10-18-16-8-2-4-12-20(16)27-24(18)22/h1-14,26-27H. The maximum Gasteiger partial charge on any atom is 0.0879 e. The average Bonchev–Trinajstić information content (AvgIpc) is 3.28. The number of aromatic nitrogens is 2. The first kappa shape index (κ1) is 14.4. The fourth-order valence-electron chi connectivity index (χ4n) is 4.03. The lowest BCUT2D eigenvalue weighted by Gasteiger charge is -2.06. The van der Waals surface area contributed by atoms with E-state index in [0.717, 1.165) is 33.4 Å². The number of aromatic amines is 2. The van der Waals surface area contributed by atoms with Gasteiger partial charge in [-0.15, -0.1) is 0 Å². The Hall–Kier alpha value is -3.72. The van der Waals surface area contributed by atoms with Crippen molar-refractivity contribution in [2.24, 2.45) is 0 Å². The van der Waals surface area contributed by atoms with Gasteiger partial charge in [-0.05, 0) is 24.3 Å². The van der Waals surface area contributed by atoms with Crippen molar-refractivity contribution in [2.45, 2.75) is 0 Å². The fourth-order valence-corrected chi connectivity index (χ4v) is 4.03. The van der Waals surface area contributed by atoms with Crippen molar-refractivity contribution < 1.29 is 0 Å². The van der Waals surface area contributed by atoms with Gasteiger partial charge in [0, 0.05) is 32.6 Å². The summed E-state index contributed by atoms with van der Waals surface area (Å²) >= 11 is 0. The average molecular weight is 346 g/mol. The molecule has 6 rings (SSSR count). The number of H-pyrrole nitrogens is 2. The van der Waals surface area contributed by atoms with Crippen molar-refractivity contribution in [2.75, 3.05) is 0 Å². The van der Waals surface area contributed by atoms with E-state index in [-0.39, 0.29) is 0 Å². The van der Waals surface area contributed by atoms with Crippen molar-refractivity contribution in [3.05, 3.63) is 84.9 Å². The Morgan fingerprint density at radius 2 is 0.889 bits per heavy atom. The fraction of sp³-hybridized carbons (Fsp3) is 0. The summed E-state index contributed by atoms with van der Waals surface area (Å²) in [5, 5.41) is 9.89. The van der Waals surface area contributed by atoms with Crippen LogP contribution in [0, 0.1) is 0 Å². The Bertz CT molecular complexity index is 1340. The van der Waals surface area contributed by atoms with E-state index < -0.39 is 0 Å². The summed E-state index contributed by atoms with van der Waals surface area (Å²) in [5.41, 5.74) is 6.33. The van der Waals surface area contributed by atoms with Gasteiger partial charge in [0.15, 0.2) is 0 Å². The highest BCUT2D eigenvalue weighted by Gasteiger charge is 2.12. The zero-order chi connectivity index (χ0) is 17.8. The Labute approximate surface area is 155 Å². The van der Waals surface area contributed by atoms with Crippen LogP contribution in [0.25, 0.3) is 43.6 Å². The number of fused-ring (bicyclic) bond motifs is 6. The van der Waals surface area contributed by atoms with E-state index in [0.29, 0.717) is 0 Å². The maximum atomic E-state index is 5.03. The molecular weight excluding hydrogens is 330 g/mol. The minimum Gasteiger partial charge on any atom is -0.353 e. The molecule has 3 heteroatoms. The normalized spacial score (nSPS) is 11.7. The second-order valence-corrected chi connectivity index (χ2v) is 6.85. The van der Waals surface area contributed by atoms with Crippen LogP contribution in [-0.2, 0) is 0 Å². The van der Waals surface area contributed by atoms with Crippen LogP contribution in [0.1, 0.15) is 0 Å². The summed E-state index contributed by atoms with van der Waals surface area (Å²) in [4.78, 5) is 7.08. The number of para-hydroxylation sites is 4. The molecule has 2 heterocycles. The van der Waals surface area contributed by atoms with Crippen molar-refractivity contribution in [1.29, 1.82) is 0 Å². The number of hydrogen-bond donors (Lipinski definition) is 2. The van der Waals surface area contributed by atoms with E-state index in [4.69, 9.17) is 5.32 Å². The van der Waals surface area contributed by atoms with Crippen molar-refractivity contribution >= 4 is 55.0 Å². The molecule has 6 aromatic rings. The maximum absolute atomic E-state index is 5.03. The molecule has 27 heavy (non-hydrogen) atoms. The zero-order valence-corrected chi connectivity index (χ0v) is 14.5. The highest BCUT2D eigenvalue weighted by Crippen LogP contribution is 2.35. The molecule has 2 N–H and O–H groups in total. The lowest BCUT2D eigenvalue weighted by molar-refractivity contribution is 1.20. The molecule has 127 valence electrons. The third-order valence-electron chi connectivity index (χ3n) is 5.28. The van der Waals surface area contributed by atoms with Crippen molar-refractivity contribution in [3.63, 3.8) is 0 Å². The third kappa shape index (κ3) is 2.09. The van der Waals surface area contributed by atoms with Gasteiger partial charge in [0.1, 0.15) is 0 Å². The quantitative estimate of drug-likeness (QED) is 0.358. The largest absolute Gasteiger partial charge is 0.353 e. The van der Waals surface area contributed by atoms with E-state index in [1.54, 1.807) is 0 Å². The molecule has 0 spiro atoms. The Morgan fingerprint density at radius 1 is 0.444 bits per heavy atom. The first-order chi connectivity index (χ1) is 13.4. The molecule has 0 fully saturated rings. The molecule has 3 nitrogen and oxygen atoms in total. The molecule has 0 amide bonds. The van der Waals surface area contributed by atoms with Gasteiger partial charge in [0.25, 0.3) is 0 Å². The molecule has 0 aliphatic rings. The molecule has 0 bridgehead atoms. The Balaban J connectivity index is 1.57. The third-order valence-corrected chi connectivity index (χ3v) is 5.28. The van der Waals surface area contributed by atoms with E-state index in [9.17, 15) is 0 Å². The van der Waals surface area contributed by atoms with E-state index in [1.165, 1.54) is 21.5 Å². The topological polar surface area (TPSA) is 45.7 Å². The van der Waals surface area contributed by atoms with Crippen LogP contribution in [0.4, 0.5) is 11.4 Å². The van der Waals surface area contributed by atoms with Crippen LogP contribution in [0.2, 0.25) is 0 Å². The summed E-state index contributed by atoms with van der Waals surface area (Å²) in [6.07, 6.45) is 0. The van der Waals surface area contributed by atoms with E-state index in [2.05, 4.69) is 94.9 Å². The minimum absolute atomic E-state index is 0.954. The molecule has 0 aliphatic heterocycles. The predicted octanol–water partition coefficient (Wildman–Crippen LogP) is 6.52. The summed E-state index contributed by atoms with van der Waals surface area (Å²) in [7, 11) is 0. The minimum atomic E-state index is 0.954. The van der Waals surface area contributed by atoms with Crippen molar-refractivity contribution in [1.82, 2.24) is 15.3 Å². The van der Waals surface area contributed by atoms with Gasteiger partial charge in [-0.1, -0.05) is 60.7 Å². The molecule has 0 saturated heterocycles. The van der Waals surface area contributed by atoms with Gasteiger partial charge >= 0.3 is 0 Å². The van der Waals surface area contributed by atoms with Gasteiger partial charge in [-0.2, -0.15) is 0 Å². The number of hydrogen-bond acceptors (Lipinski definition) is 0. The van der Waals surface area contributed by atoms with Crippen LogP contribution in [0.5, 0.6) is 0 Å². The van der Waals surface area contributed by atoms with Crippen LogP contribution < -0.4 is 5.32 Å². The molecular formula is C24H16N3. The van der Waals surface area contributed by atoms with Gasteiger partial charge in [0.2, 0.25) is 0 Å². The second kappa shape index (κ2) is 5.39.